The maximum Gasteiger partial charge on any atom is 0.417 e. The lowest BCUT2D eigenvalue weighted by atomic mass is 9.95. The Morgan fingerprint density at radius 3 is 2.49 bits per heavy atom. The highest BCUT2D eigenvalue weighted by Crippen LogP contribution is 2.26. The Balaban J connectivity index is 1.73. The van der Waals surface area contributed by atoms with Gasteiger partial charge in [-0.1, -0.05) is 72.3 Å². The molecule has 1 N–H and O–H groups in total. The summed E-state index contributed by atoms with van der Waals surface area (Å²) in [5.41, 5.74) is -2.97. The summed E-state index contributed by atoms with van der Waals surface area (Å²) >= 11 is 0. The van der Waals surface area contributed by atoms with Gasteiger partial charge < -0.3 is 19.5 Å². The number of nitrogens with zero attached hydrogens (tertiary/aromatic N) is 1. The molecule has 3 aromatic rings. The first-order valence-electron chi connectivity index (χ1n) is 18.7. The van der Waals surface area contributed by atoms with Crippen molar-refractivity contribution in [2.45, 2.75) is 65.0 Å². The van der Waals surface area contributed by atoms with Crippen LogP contribution in [-0.4, -0.2) is 53.7 Å². The van der Waals surface area contributed by atoms with E-state index in [9.17, 15) is 20.5 Å². The molecule has 1 heterocycles. The number of benzene rings is 3. The van der Waals surface area contributed by atoms with Gasteiger partial charge in [0.1, 0.15) is 18.8 Å². The summed E-state index contributed by atoms with van der Waals surface area (Å²) in [5, 5.41) is 1.92. The highest BCUT2D eigenvalue weighted by molar-refractivity contribution is 5.97. The van der Waals surface area contributed by atoms with Gasteiger partial charge in [-0.25, -0.2) is 19.3 Å². The Hall–Kier alpha value is -4.66. The van der Waals surface area contributed by atoms with Crippen LogP contribution in [0.4, 0.5) is 9.59 Å². The highest BCUT2D eigenvalue weighted by Gasteiger charge is 2.41. The molecule has 1 fully saturated rings. The van der Waals surface area contributed by atoms with Gasteiger partial charge in [-0.2, -0.15) is 0 Å². The van der Waals surface area contributed by atoms with Gasteiger partial charge in [0.2, 0.25) is 5.91 Å². The molecule has 9 nitrogen and oxygen atoms in total. The highest BCUT2D eigenvalue weighted by atomic mass is 16.6. The number of hydrogen-bond donors (Lipinski definition) is 1. The van der Waals surface area contributed by atoms with Crippen molar-refractivity contribution in [3.05, 3.63) is 106 Å². The zero-order valence-electron chi connectivity index (χ0n) is 34.7. The number of hydrogen-bond acceptors (Lipinski definition) is 7. The van der Waals surface area contributed by atoms with Crippen molar-refractivity contribution < 1.29 is 48.5 Å². The number of rotatable bonds is 9. The van der Waals surface area contributed by atoms with E-state index in [0.717, 1.165) is 42.5 Å². The Morgan fingerprint density at radius 2 is 1.81 bits per heavy atom. The first-order valence-corrected chi connectivity index (χ1v) is 13.2. The van der Waals surface area contributed by atoms with Crippen LogP contribution in [0, 0.1) is 13.7 Å². The Bertz CT molecular complexity index is 1890. The lowest BCUT2D eigenvalue weighted by molar-refractivity contribution is -0.130. The molecule has 0 bridgehead atoms. The zero-order chi connectivity index (χ0) is 40.7. The summed E-state index contributed by atoms with van der Waals surface area (Å²) in [6, 6.07) is 14.3. The van der Waals surface area contributed by atoms with Crippen LogP contribution < -0.4 is 5.32 Å². The van der Waals surface area contributed by atoms with Crippen molar-refractivity contribution in [1.82, 2.24) is 10.2 Å². The van der Waals surface area contributed by atoms with Crippen LogP contribution in [0.3, 0.4) is 0 Å². The van der Waals surface area contributed by atoms with Gasteiger partial charge in [0.15, 0.2) is 0 Å². The topological polar surface area (TPSA) is 111 Å². The fourth-order valence-electron chi connectivity index (χ4n) is 4.12. The predicted octanol–water partition coefficient (Wildman–Crippen LogP) is 5.86. The number of nitrogens with one attached hydrogen (secondary N) is 1. The van der Waals surface area contributed by atoms with Gasteiger partial charge in [-0.3, -0.25) is 4.79 Å². The molecule has 226 valence electrons. The summed E-state index contributed by atoms with van der Waals surface area (Å²) in [6.07, 6.45) is -2.40. The molecule has 43 heavy (non-hydrogen) atoms. The first-order chi connectivity index (χ1) is 24.7. The van der Waals surface area contributed by atoms with Crippen LogP contribution in [0.2, 0.25) is 0 Å². The van der Waals surface area contributed by atoms with Crippen LogP contribution >= 0.6 is 0 Å². The van der Waals surface area contributed by atoms with E-state index in [2.05, 4.69) is 0 Å². The number of carbonyl (C=O) groups is 4. The fraction of sp³-hybridized carbons (Fsp3) is 0.353. The predicted molar refractivity (Wildman–Crippen MR) is 161 cm³/mol. The van der Waals surface area contributed by atoms with Gasteiger partial charge in [-0.05, 0) is 69.2 Å². The molecule has 4 rings (SSSR count). The molecule has 0 saturated carbocycles. The maximum absolute atomic E-state index is 14.4. The molecule has 3 amide bonds. The van der Waals surface area contributed by atoms with Crippen LogP contribution in [0.1, 0.15) is 79.9 Å². The molecule has 0 aromatic heterocycles. The molecule has 1 saturated heterocycles. The molecule has 0 radical (unpaired) electrons. The van der Waals surface area contributed by atoms with Crippen molar-refractivity contribution in [3.63, 3.8) is 0 Å². The molecule has 0 aliphatic carbocycles. The molecule has 0 unspecified atom stereocenters. The number of esters is 1. The lowest BCUT2D eigenvalue weighted by Crippen LogP contribution is -2.46. The first kappa shape index (κ1) is 19.5. The second-order valence-corrected chi connectivity index (χ2v) is 10.6. The van der Waals surface area contributed by atoms with Crippen LogP contribution in [0.5, 0.6) is 0 Å². The van der Waals surface area contributed by atoms with E-state index in [1.54, 1.807) is 30.3 Å². The average Bonchev–Trinajstić information content (AvgIpc) is 3.40. The van der Waals surface area contributed by atoms with E-state index in [4.69, 9.17) is 27.9 Å². The smallest absolute Gasteiger partial charge is 0.417 e. The number of amides is 3. The normalized spacial score (nSPS) is 21.2. The van der Waals surface area contributed by atoms with E-state index >= 15 is 0 Å². The van der Waals surface area contributed by atoms with Gasteiger partial charge in [-0.15, -0.1) is 0 Å². The van der Waals surface area contributed by atoms with Crippen LogP contribution in [0.15, 0.2) is 72.8 Å². The van der Waals surface area contributed by atoms with E-state index in [1.807, 2.05) is 5.32 Å². The largest absolute Gasteiger partial charge is 0.457 e. The fourth-order valence-corrected chi connectivity index (χ4v) is 4.12. The van der Waals surface area contributed by atoms with Gasteiger partial charge in [0.05, 0.1) is 23.0 Å². The van der Waals surface area contributed by atoms with E-state index in [0.29, 0.717) is 10.5 Å². The molecule has 9 heteroatoms. The molecule has 3 aromatic carbocycles. The average molecular weight is 598 g/mol. The number of aryl methyl sites for hydroxylation is 2. The van der Waals surface area contributed by atoms with E-state index < -0.39 is 90.6 Å². The zero-order valence-corrected chi connectivity index (χ0v) is 23.7. The molecular weight excluding hydrogens is 548 g/mol. The van der Waals surface area contributed by atoms with Crippen molar-refractivity contribution in [1.29, 1.82) is 0 Å². The van der Waals surface area contributed by atoms with Crippen molar-refractivity contribution in [2.75, 3.05) is 13.1 Å². The Kier molecular flexibility index (Phi) is 6.15. The summed E-state index contributed by atoms with van der Waals surface area (Å²) < 4.78 is 106. The monoisotopic (exact) mass is 597 g/mol. The minimum Gasteiger partial charge on any atom is -0.457 e. The molecule has 2 atom stereocenters. The van der Waals surface area contributed by atoms with Crippen molar-refractivity contribution in [3.8, 4) is 0 Å². The maximum atomic E-state index is 14.4. The lowest BCUT2D eigenvalue weighted by Gasteiger charge is -2.26. The summed E-state index contributed by atoms with van der Waals surface area (Å²) in [6.45, 7) is -7.75. The third-order valence-corrected chi connectivity index (χ3v) is 6.07. The van der Waals surface area contributed by atoms with Crippen LogP contribution in [-0.2, 0) is 32.0 Å². The van der Waals surface area contributed by atoms with Gasteiger partial charge >= 0.3 is 18.2 Å². The number of cyclic esters (lactones) is 1. The minimum absolute atomic E-state index is 0.0871. The Labute approximate surface area is 267 Å². The second-order valence-electron chi connectivity index (χ2n) is 10.6. The summed E-state index contributed by atoms with van der Waals surface area (Å²) in [5.74, 6) is -6.03. The van der Waals surface area contributed by atoms with E-state index in [-0.39, 0.29) is 18.6 Å². The number of carbonyl (C=O) groups excluding carboxylic acids is 4. The molecular formula is C34H38N2O7. The molecule has 1 aliphatic rings. The quantitative estimate of drug-likeness (QED) is 0.243. The summed E-state index contributed by atoms with van der Waals surface area (Å²) in [4.78, 5) is 53.9. The van der Waals surface area contributed by atoms with E-state index in [1.165, 1.54) is 20.8 Å². The molecule has 1 aliphatic heterocycles. The summed E-state index contributed by atoms with van der Waals surface area (Å²) in [7, 11) is 0. The minimum atomic E-state index is -3.30. The third kappa shape index (κ3) is 8.44. The third-order valence-electron chi connectivity index (χ3n) is 6.07. The molecule has 0 spiro atoms. The number of alkyl carbamates (subject to hydrolysis) is 1. The van der Waals surface area contributed by atoms with Gasteiger partial charge in [0.25, 0.3) is 0 Å². The van der Waals surface area contributed by atoms with Crippen LogP contribution in [0.25, 0.3) is 0 Å². The van der Waals surface area contributed by atoms with Crippen molar-refractivity contribution in [2.24, 2.45) is 0 Å². The SMILES string of the molecule is [2H]C([2H])([2H])c1ccc(C(=O)OC([2H])([2H])c2ccc([C@]([2H])(C(=O)N3C(=O)OC[C@H]3Cc3ccccc3)C([2H])([2H])NC(=O)OC(C)(C)C)cc2)c(C([2H])([2H])[2H])c1. The number of ether oxygens (including phenoxy) is 3. The number of imide groups is 1. The second kappa shape index (κ2) is 13.5. The standard InChI is InChI=1S/C34H38N2O7/c1-22-11-16-28(23(2)17-22)31(38)41-20-25-12-14-26(15-13-25)29(19-35-32(39)43-34(3,4)5)30(37)36-27(21-42-33(36)40)18-24-9-7-6-8-10-24/h6-17,27,29H,18-21H2,1-5H3,(H,35,39)/t27-,29-/m1/s1/i1D3,2D3,19D2,20D2,29D. The van der Waals surface area contributed by atoms with Crippen molar-refractivity contribution >= 4 is 24.1 Å². The van der Waals surface area contributed by atoms with Gasteiger partial charge in [0, 0.05) is 16.1 Å². The Morgan fingerprint density at radius 1 is 1.07 bits per heavy atom.